The molecule has 0 amide bonds. The molecule has 0 radical (unpaired) electrons. The summed E-state index contributed by atoms with van der Waals surface area (Å²) in [5, 5.41) is 2.80. The van der Waals surface area contributed by atoms with Crippen LogP contribution in [0.4, 0.5) is 0 Å². The summed E-state index contributed by atoms with van der Waals surface area (Å²) in [5.74, 6) is -4.05. The Bertz CT molecular complexity index is 715. The van der Waals surface area contributed by atoms with E-state index in [4.69, 9.17) is 14.2 Å². The van der Waals surface area contributed by atoms with Crippen LogP contribution in [0.25, 0.3) is 0 Å². The van der Waals surface area contributed by atoms with Gasteiger partial charge in [0.1, 0.15) is 0 Å². The minimum absolute atomic E-state index is 0.264. The third kappa shape index (κ3) is 12.5. The lowest BCUT2D eigenvalue weighted by atomic mass is 10.1. The summed E-state index contributed by atoms with van der Waals surface area (Å²) in [4.78, 5) is 22.9. The number of hydrogen-bond donors (Lipinski definition) is 3. The lowest BCUT2D eigenvalue weighted by Crippen LogP contribution is -2.50. The summed E-state index contributed by atoms with van der Waals surface area (Å²) in [6.07, 6.45) is 12.7. The second-order valence-corrected chi connectivity index (χ2v) is 10.3. The van der Waals surface area contributed by atoms with E-state index in [-0.39, 0.29) is 6.61 Å². The molecule has 0 aromatic carbocycles. The molecule has 0 aliphatic rings. The molecule has 0 rings (SSSR count). The van der Waals surface area contributed by atoms with Crippen LogP contribution in [0, 0.1) is 0 Å². The van der Waals surface area contributed by atoms with Crippen molar-refractivity contribution in [3.8, 4) is 0 Å². The van der Waals surface area contributed by atoms with Gasteiger partial charge in [-0.15, -0.1) is 0 Å². The summed E-state index contributed by atoms with van der Waals surface area (Å²) in [7, 11) is -10.9. The lowest BCUT2D eigenvalue weighted by Gasteiger charge is -2.17. The number of ether oxygens (including phenoxy) is 1. The predicted octanol–water partition coefficient (Wildman–Crippen LogP) is 2.83. The van der Waals surface area contributed by atoms with Gasteiger partial charge in [0.15, 0.2) is 0 Å². The molecule has 178 valence electrons. The van der Waals surface area contributed by atoms with Gasteiger partial charge in [0.2, 0.25) is 10.5 Å². The second kappa shape index (κ2) is 14.7. The number of esters is 1. The van der Waals surface area contributed by atoms with E-state index in [1.54, 1.807) is 0 Å². The number of unbranched alkanes of at least 4 members (excludes halogenated alkanes) is 11. The monoisotopic (exact) mass is 474 g/mol. The van der Waals surface area contributed by atoms with Crippen LogP contribution in [0.3, 0.4) is 0 Å². The molecule has 10 nitrogen and oxygen atoms in total. The smallest absolute Gasteiger partial charge is 0.328 e. The molecule has 0 aliphatic heterocycles. The molecule has 0 aliphatic carbocycles. The van der Waals surface area contributed by atoms with E-state index >= 15 is 0 Å². The van der Waals surface area contributed by atoms with E-state index < -0.39 is 42.7 Å². The van der Waals surface area contributed by atoms with E-state index in [2.05, 4.69) is 11.7 Å². The molecule has 0 fully saturated rings. The van der Waals surface area contributed by atoms with Gasteiger partial charge in [0.05, 0.1) is 6.61 Å². The molecular weight excluding hydrogens is 440 g/mol. The molecule has 2 unspecified atom stereocenters. The van der Waals surface area contributed by atoms with Gasteiger partial charge in [-0.3, -0.25) is 18.7 Å². The lowest BCUT2D eigenvalue weighted by molar-refractivity contribution is -0.147. The summed E-state index contributed by atoms with van der Waals surface area (Å²) in [6.45, 7) is 1.92. The first-order chi connectivity index (χ1) is 13.9. The highest BCUT2D eigenvalue weighted by Gasteiger charge is 2.51. The van der Waals surface area contributed by atoms with Crippen molar-refractivity contribution >= 4 is 32.2 Å². The van der Waals surface area contributed by atoms with Crippen LogP contribution in [0.2, 0.25) is 0 Å². The fourth-order valence-corrected chi connectivity index (χ4v) is 5.27. The Labute approximate surface area is 178 Å². The Kier molecular flexibility index (Phi) is 14.1. The van der Waals surface area contributed by atoms with Crippen molar-refractivity contribution in [3.05, 3.63) is 0 Å². The van der Waals surface area contributed by atoms with Gasteiger partial charge in [-0.25, -0.2) is 0 Å². The zero-order valence-corrected chi connectivity index (χ0v) is 19.0. The fourth-order valence-electron chi connectivity index (χ4n) is 3.01. The third-order valence-corrected chi connectivity index (χ3v) is 7.03. The van der Waals surface area contributed by atoms with Gasteiger partial charge >= 0.3 is 11.9 Å². The van der Waals surface area contributed by atoms with Gasteiger partial charge in [0, 0.05) is 0 Å². The van der Waals surface area contributed by atoms with E-state index in [0.29, 0.717) is 12.8 Å². The first-order valence-electron chi connectivity index (χ1n) is 10.2. The summed E-state index contributed by atoms with van der Waals surface area (Å²) in [5.41, 5.74) is 0. The van der Waals surface area contributed by atoms with E-state index in [1.807, 2.05) is 0 Å². The van der Waals surface area contributed by atoms with E-state index in [1.165, 1.54) is 38.5 Å². The Balaban J connectivity index is 4.22. The molecule has 2 atom stereocenters. The predicted molar refractivity (Wildman–Crippen MR) is 110 cm³/mol. The second-order valence-electron chi connectivity index (χ2n) is 7.27. The van der Waals surface area contributed by atoms with Crippen molar-refractivity contribution in [3.63, 3.8) is 0 Å². The topological polar surface area (TPSA) is 172 Å². The van der Waals surface area contributed by atoms with Crippen LogP contribution in [-0.2, 0) is 34.6 Å². The van der Waals surface area contributed by atoms with Crippen molar-refractivity contribution in [2.75, 3.05) is 6.61 Å². The molecule has 30 heavy (non-hydrogen) atoms. The molecular formula is C18H34O10S2. The molecule has 0 spiro atoms. The third-order valence-electron chi connectivity index (χ3n) is 4.63. The Hall–Kier alpha value is -1.24. The average molecular weight is 475 g/mol. The number of carbonyl (C=O) groups is 2. The first-order valence-corrected chi connectivity index (χ1v) is 13.3. The number of carboxylic acids is 1. The number of rotatable bonds is 18. The number of aliphatic carboxylic acids is 1. The highest BCUT2D eigenvalue weighted by Crippen LogP contribution is 2.16. The highest BCUT2D eigenvalue weighted by atomic mass is 32.2. The molecule has 0 aromatic heterocycles. The summed E-state index contributed by atoms with van der Waals surface area (Å²) < 4.78 is 67.5. The molecule has 0 saturated carbocycles. The number of carboxylic acid groups (broad SMARTS) is 1. The molecule has 12 heteroatoms. The molecule has 3 N–H and O–H groups in total. The SMILES string of the molecule is CCCCCCCCCCCCCCOC(=O)C(C(C(=O)O)S(=O)(=O)O)S(=O)(=O)O. The van der Waals surface area contributed by atoms with Crippen molar-refractivity contribution in [2.24, 2.45) is 0 Å². The molecule has 0 bridgehead atoms. The van der Waals surface area contributed by atoms with Gasteiger partial charge in [-0.1, -0.05) is 77.6 Å². The minimum Gasteiger partial charge on any atom is -0.480 e. The van der Waals surface area contributed by atoms with Crippen LogP contribution < -0.4 is 0 Å². The Morgan fingerprint density at radius 1 is 0.700 bits per heavy atom. The average Bonchev–Trinajstić information content (AvgIpc) is 2.60. The van der Waals surface area contributed by atoms with Crippen molar-refractivity contribution in [1.29, 1.82) is 0 Å². The van der Waals surface area contributed by atoms with Gasteiger partial charge in [-0.2, -0.15) is 16.8 Å². The standard InChI is InChI=1S/C18H34O10S2/c1-2-3-4-5-6-7-8-9-10-11-12-13-14-28-18(21)16(30(25,26)27)15(17(19)20)29(22,23)24/h15-16H,2-14H2,1H3,(H,19,20)(H,22,23,24)(H,25,26,27). The van der Waals surface area contributed by atoms with Gasteiger partial charge in [-0.05, 0) is 6.42 Å². The molecule has 0 heterocycles. The normalized spacial score (nSPS) is 14.2. The van der Waals surface area contributed by atoms with Crippen LogP contribution in [0.1, 0.15) is 84.0 Å². The van der Waals surface area contributed by atoms with Crippen LogP contribution >= 0.6 is 0 Å². The highest BCUT2D eigenvalue weighted by molar-refractivity contribution is 7.91. The summed E-state index contributed by atoms with van der Waals surface area (Å²) in [6, 6.07) is 0. The molecule has 0 aromatic rings. The van der Waals surface area contributed by atoms with Crippen LogP contribution in [0.5, 0.6) is 0 Å². The quantitative estimate of drug-likeness (QED) is 0.152. The Morgan fingerprint density at radius 3 is 1.40 bits per heavy atom. The Morgan fingerprint density at radius 2 is 1.07 bits per heavy atom. The minimum atomic E-state index is -5.49. The zero-order chi connectivity index (χ0) is 23.2. The van der Waals surface area contributed by atoms with Crippen LogP contribution in [-0.4, -0.2) is 60.1 Å². The number of carbonyl (C=O) groups excluding carboxylic acids is 1. The largest absolute Gasteiger partial charge is 0.480 e. The zero-order valence-electron chi connectivity index (χ0n) is 17.4. The van der Waals surface area contributed by atoms with Crippen LogP contribution in [0.15, 0.2) is 0 Å². The van der Waals surface area contributed by atoms with E-state index in [0.717, 1.165) is 25.7 Å². The van der Waals surface area contributed by atoms with Gasteiger partial charge in [0.25, 0.3) is 20.2 Å². The maximum absolute atomic E-state index is 11.9. The fraction of sp³-hybridized carbons (Fsp3) is 0.889. The van der Waals surface area contributed by atoms with Crippen molar-refractivity contribution < 1.29 is 45.4 Å². The van der Waals surface area contributed by atoms with Crippen molar-refractivity contribution in [2.45, 2.75) is 94.5 Å². The first kappa shape index (κ1) is 28.8. The summed E-state index contributed by atoms with van der Waals surface area (Å²) >= 11 is 0. The van der Waals surface area contributed by atoms with Gasteiger partial charge < -0.3 is 9.84 Å². The van der Waals surface area contributed by atoms with Crippen molar-refractivity contribution in [1.82, 2.24) is 0 Å². The maximum atomic E-state index is 11.9. The maximum Gasteiger partial charge on any atom is 0.328 e. The van der Waals surface area contributed by atoms with E-state index in [9.17, 15) is 26.4 Å². The molecule has 0 saturated heterocycles. The number of hydrogen-bond acceptors (Lipinski definition) is 7.